The van der Waals surface area contributed by atoms with Gasteiger partial charge in [-0.1, -0.05) is 0 Å². The number of aromatic nitrogens is 2. The van der Waals surface area contributed by atoms with Crippen LogP contribution in [-0.4, -0.2) is 28.7 Å². The molecule has 0 spiro atoms. The van der Waals surface area contributed by atoms with Gasteiger partial charge in [-0.3, -0.25) is 9.78 Å². The molecule has 1 aromatic heterocycles. The van der Waals surface area contributed by atoms with E-state index in [4.69, 9.17) is 5.73 Å². The zero-order chi connectivity index (χ0) is 15.8. The molecule has 0 unspecified atom stereocenters. The van der Waals surface area contributed by atoms with Gasteiger partial charge in [-0.15, -0.1) is 0 Å². The molecule has 21 heavy (non-hydrogen) atoms. The zero-order valence-electron chi connectivity index (χ0n) is 10.2. The molecule has 0 bridgehead atoms. The van der Waals surface area contributed by atoms with Crippen molar-refractivity contribution < 1.29 is 26.7 Å². The molecule has 114 valence electrons. The van der Waals surface area contributed by atoms with Crippen LogP contribution in [0.1, 0.15) is 0 Å². The quantitative estimate of drug-likeness (QED) is 0.672. The lowest BCUT2D eigenvalue weighted by atomic mass is 10.2. The van der Waals surface area contributed by atoms with Crippen LogP contribution in [0.2, 0.25) is 0 Å². The maximum Gasteiger partial charge on any atom is 0.456 e. The van der Waals surface area contributed by atoms with E-state index in [2.05, 4.69) is 9.72 Å². The number of nitrogens with zero attached hydrogens (tertiary/aromatic N) is 1. The molecular formula is C11H8F5N3O2. The minimum Gasteiger partial charge on any atom is -0.458 e. The van der Waals surface area contributed by atoms with Crippen molar-refractivity contribution in [3.8, 4) is 6.01 Å². The van der Waals surface area contributed by atoms with Crippen molar-refractivity contribution in [2.75, 3.05) is 12.3 Å². The molecule has 10 heteroatoms. The molecule has 2 aromatic rings. The van der Waals surface area contributed by atoms with Gasteiger partial charge < -0.3 is 10.5 Å². The summed E-state index contributed by atoms with van der Waals surface area (Å²) in [6.45, 7) is -1.99. The molecular weight excluding hydrogens is 301 g/mol. The molecule has 2 rings (SSSR count). The third-order valence-corrected chi connectivity index (χ3v) is 2.51. The molecule has 1 heterocycles. The molecule has 5 nitrogen and oxygen atoms in total. The van der Waals surface area contributed by atoms with Gasteiger partial charge in [0.25, 0.3) is 11.6 Å². The highest BCUT2D eigenvalue weighted by atomic mass is 19.4. The van der Waals surface area contributed by atoms with Crippen molar-refractivity contribution in [2.24, 2.45) is 0 Å². The first kappa shape index (κ1) is 15.0. The SMILES string of the molecule is Nc1ccc2nc(OCC(F)(F)C(F)(F)F)[nH]c(=O)c2c1. The molecule has 0 aliphatic rings. The van der Waals surface area contributed by atoms with E-state index in [-0.39, 0.29) is 16.6 Å². The van der Waals surface area contributed by atoms with Crippen molar-refractivity contribution in [3.05, 3.63) is 28.6 Å². The minimum atomic E-state index is -5.75. The lowest BCUT2D eigenvalue weighted by Crippen LogP contribution is -2.42. The number of hydrogen-bond acceptors (Lipinski definition) is 4. The summed E-state index contributed by atoms with van der Waals surface area (Å²) in [7, 11) is 0. The van der Waals surface area contributed by atoms with Crippen molar-refractivity contribution in [1.29, 1.82) is 0 Å². The number of nitrogens with one attached hydrogen (secondary N) is 1. The molecule has 0 fully saturated rings. The summed E-state index contributed by atoms with van der Waals surface area (Å²) in [5.74, 6) is -5.05. The molecule has 0 aliphatic carbocycles. The molecule has 0 amide bonds. The smallest absolute Gasteiger partial charge is 0.456 e. The Labute approximate surface area is 113 Å². The number of nitrogen functional groups attached to an aromatic ring is 1. The fourth-order valence-corrected chi connectivity index (χ4v) is 1.44. The number of nitrogens with two attached hydrogens (primary N) is 1. The van der Waals surface area contributed by atoms with E-state index < -0.39 is 30.3 Å². The second-order valence-corrected chi connectivity index (χ2v) is 4.14. The molecule has 0 atom stereocenters. The van der Waals surface area contributed by atoms with Crippen LogP contribution >= 0.6 is 0 Å². The number of hydrogen-bond donors (Lipinski definition) is 2. The molecule has 1 aromatic carbocycles. The van der Waals surface area contributed by atoms with Gasteiger partial charge in [0.15, 0.2) is 6.61 Å². The van der Waals surface area contributed by atoms with E-state index in [9.17, 15) is 26.7 Å². The van der Waals surface area contributed by atoms with E-state index in [0.717, 1.165) is 0 Å². The molecule has 0 saturated heterocycles. The summed E-state index contributed by atoms with van der Waals surface area (Å²) in [6, 6.07) is 3.26. The van der Waals surface area contributed by atoms with Gasteiger partial charge >= 0.3 is 12.1 Å². The number of benzene rings is 1. The predicted molar refractivity (Wildman–Crippen MR) is 63.3 cm³/mol. The van der Waals surface area contributed by atoms with Crippen LogP contribution in [0, 0.1) is 0 Å². The standard InChI is InChI=1S/C11H8F5N3O2/c12-10(13,11(14,15)16)4-21-9-18-7-2-1-5(17)3-6(7)8(20)19-9/h1-3H,4,17H2,(H,18,19,20). The van der Waals surface area contributed by atoms with Gasteiger partial charge in [-0.2, -0.15) is 26.9 Å². The van der Waals surface area contributed by atoms with Crippen LogP contribution in [0.5, 0.6) is 6.01 Å². The molecule has 0 radical (unpaired) electrons. The fourth-order valence-electron chi connectivity index (χ4n) is 1.44. The van der Waals surface area contributed by atoms with Crippen LogP contribution < -0.4 is 16.0 Å². The van der Waals surface area contributed by atoms with Crippen LogP contribution in [0.15, 0.2) is 23.0 Å². The molecule has 0 saturated carbocycles. The Hall–Kier alpha value is -2.39. The first-order valence-corrected chi connectivity index (χ1v) is 5.47. The third kappa shape index (κ3) is 3.03. The summed E-state index contributed by atoms with van der Waals surface area (Å²) in [4.78, 5) is 17.2. The Bertz CT molecular complexity index is 726. The monoisotopic (exact) mass is 309 g/mol. The lowest BCUT2D eigenvalue weighted by molar-refractivity contribution is -0.290. The zero-order valence-corrected chi connectivity index (χ0v) is 10.2. The Morgan fingerprint density at radius 1 is 1.24 bits per heavy atom. The minimum absolute atomic E-state index is 0.0540. The highest BCUT2D eigenvalue weighted by Gasteiger charge is 2.58. The first-order valence-electron chi connectivity index (χ1n) is 5.47. The number of rotatable bonds is 3. The van der Waals surface area contributed by atoms with Crippen LogP contribution in [0.25, 0.3) is 10.9 Å². The topological polar surface area (TPSA) is 81.0 Å². The number of ether oxygens (including phenoxy) is 1. The van der Waals surface area contributed by atoms with Gasteiger partial charge in [0.05, 0.1) is 10.9 Å². The second kappa shape index (κ2) is 4.86. The molecule has 0 aliphatic heterocycles. The van der Waals surface area contributed by atoms with E-state index in [1.807, 2.05) is 4.98 Å². The van der Waals surface area contributed by atoms with E-state index >= 15 is 0 Å². The summed E-state index contributed by atoms with van der Waals surface area (Å²) < 4.78 is 65.6. The van der Waals surface area contributed by atoms with Gasteiger partial charge in [0.2, 0.25) is 0 Å². The molecule has 3 N–H and O–H groups in total. The summed E-state index contributed by atoms with van der Waals surface area (Å²) in [5, 5.41) is 0.0601. The Kier molecular flexibility index (Phi) is 3.47. The fraction of sp³-hybridized carbons (Fsp3) is 0.273. The van der Waals surface area contributed by atoms with Gasteiger partial charge in [0, 0.05) is 5.69 Å². The van der Waals surface area contributed by atoms with Crippen molar-refractivity contribution in [2.45, 2.75) is 12.1 Å². The third-order valence-electron chi connectivity index (χ3n) is 2.51. The highest BCUT2D eigenvalue weighted by Crippen LogP contribution is 2.35. The summed E-state index contributed by atoms with van der Waals surface area (Å²) >= 11 is 0. The van der Waals surface area contributed by atoms with Crippen molar-refractivity contribution in [3.63, 3.8) is 0 Å². The van der Waals surface area contributed by atoms with E-state index in [1.54, 1.807) is 0 Å². The Morgan fingerprint density at radius 2 is 1.90 bits per heavy atom. The second-order valence-electron chi connectivity index (χ2n) is 4.14. The average Bonchev–Trinajstić information content (AvgIpc) is 2.36. The number of aromatic amines is 1. The number of halogens is 5. The number of fused-ring (bicyclic) bond motifs is 1. The van der Waals surface area contributed by atoms with Crippen LogP contribution in [0.3, 0.4) is 0 Å². The van der Waals surface area contributed by atoms with Crippen LogP contribution in [-0.2, 0) is 0 Å². The van der Waals surface area contributed by atoms with Crippen molar-refractivity contribution in [1.82, 2.24) is 9.97 Å². The maximum atomic E-state index is 12.7. The summed E-state index contributed by atoms with van der Waals surface area (Å²) in [6.07, 6.45) is -5.75. The predicted octanol–water partition coefficient (Wildman–Crippen LogP) is 2.08. The first-order chi connectivity index (χ1) is 9.60. The Morgan fingerprint density at radius 3 is 2.52 bits per heavy atom. The maximum absolute atomic E-state index is 12.7. The van der Waals surface area contributed by atoms with E-state index in [1.165, 1.54) is 18.2 Å². The average molecular weight is 309 g/mol. The van der Waals surface area contributed by atoms with Crippen molar-refractivity contribution >= 4 is 16.6 Å². The number of H-pyrrole nitrogens is 1. The number of anilines is 1. The lowest BCUT2D eigenvalue weighted by Gasteiger charge is -2.19. The van der Waals surface area contributed by atoms with Gasteiger partial charge in [-0.05, 0) is 18.2 Å². The largest absolute Gasteiger partial charge is 0.458 e. The normalized spacial score (nSPS) is 12.6. The van der Waals surface area contributed by atoms with E-state index in [0.29, 0.717) is 0 Å². The highest BCUT2D eigenvalue weighted by molar-refractivity contribution is 5.81. The Balaban J connectivity index is 2.29. The number of alkyl halides is 5. The van der Waals surface area contributed by atoms with Gasteiger partial charge in [0.1, 0.15) is 0 Å². The van der Waals surface area contributed by atoms with Gasteiger partial charge in [-0.25, -0.2) is 0 Å². The van der Waals surface area contributed by atoms with Crippen LogP contribution in [0.4, 0.5) is 27.6 Å². The summed E-state index contributed by atoms with van der Waals surface area (Å²) in [5.41, 5.74) is 5.02.